The van der Waals surface area contributed by atoms with E-state index in [1.807, 2.05) is 33.2 Å². The normalized spacial score (nSPS) is 15.1. The van der Waals surface area contributed by atoms with E-state index in [2.05, 4.69) is 30.1 Å². The maximum absolute atomic E-state index is 15.3. The number of nitrogens with zero attached hydrogens (tertiary/aromatic N) is 5. The Bertz CT molecular complexity index is 1340. The van der Waals surface area contributed by atoms with Crippen LogP contribution in [0.25, 0.3) is 21.8 Å². The van der Waals surface area contributed by atoms with Gasteiger partial charge in [-0.3, -0.25) is 4.98 Å². The second-order valence-corrected chi connectivity index (χ2v) is 8.97. The van der Waals surface area contributed by atoms with Gasteiger partial charge in [0.2, 0.25) is 0 Å². The first-order valence-corrected chi connectivity index (χ1v) is 11.7. The van der Waals surface area contributed by atoms with Crippen molar-refractivity contribution >= 4 is 39.0 Å². The minimum atomic E-state index is -0.379. The molecule has 8 nitrogen and oxygen atoms in total. The number of hydrogen-bond acceptors (Lipinski definition) is 8. The summed E-state index contributed by atoms with van der Waals surface area (Å²) < 4.78 is 27.3. The maximum atomic E-state index is 15.3. The second kappa shape index (κ2) is 9.97. The Morgan fingerprint density at radius 1 is 1.11 bits per heavy atom. The van der Waals surface area contributed by atoms with E-state index in [0.717, 1.165) is 30.8 Å². The number of benzene rings is 2. The summed E-state index contributed by atoms with van der Waals surface area (Å²) >= 11 is 0. The van der Waals surface area contributed by atoms with E-state index >= 15 is 4.39 Å². The van der Waals surface area contributed by atoms with Crippen LogP contribution in [0.4, 0.5) is 21.6 Å². The van der Waals surface area contributed by atoms with E-state index in [1.54, 1.807) is 30.5 Å². The molecule has 182 valence electrons. The van der Waals surface area contributed by atoms with Crippen molar-refractivity contribution in [2.24, 2.45) is 0 Å². The van der Waals surface area contributed by atoms with Gasteiger partial charge in [-0.25, -0.2) is 14.4 Å². The van der Waals surface area contributed by atoms with Crippen molar-refractivity contribution in [1.29, 1.82) is 0 Å². The summed E-state index contributed by atoms with van der Waals surface area (Å²) in [7, 11) is 4.02. The van der Waals surface area contributed by atoms with Crippen molar-refractivity contribution in [2.45, 2.75) is 13.0 Å². The molecular formula is C26H29FN6O2. The molecule has 5 rings (SSSR count). The zero-order valence-electron chi connectivity index (χ0n) is 20.2. The van der Waals surface area contributed by atoms with E-state index in [0.29, 0.717) is 46.8 Å². The Hall–Kier alpha value is -3.56. The van der Waals surface area contributed by atoms with Crippen LogP contribution in [-0.2, 0) is 4.74 Å². The van der Waals surface area contributed by atoms with Crippen LogP contribution in [-0.4, -0.2) is 72.9 Å². The third-order valence-electron chi connectivity index (χ3n) is 5.99. The third kappa shape index (κ3) is 4.96. The van der Waals surface area contributed by atoms with Gasteiger partial charge in [-0.05, 0) is 51.4 Å². The van der Waals surface area contributed by atoms with Gasteiger partial charge < -0.3 is 24.6 Å². The van der Waals surface area contributed by atoms with Crippen LogP contribution in [0.2, 0.25) is 0 Å². The van der Waals surface area contributed by atoms with Gasteiger partial charge in [-0.1, -0.05) is 0 Å². The molecule has 1 atom stereocenters. The van der Waals surface area contributed by atoms with E-state index in [-0.39, 0.29) is 11.9 Å². The number of anilines is 3. The highest BCUT2D eigenvalue weighted by Gasteiger charge is 2.20. The topological polar surface area (TPSA) is 75.6 Å². The van der Waals surface area contributed by atoms with Crippen LogP contribution < -0.4 is 15.0 Å². The van der Waals surface area contributed by atoms with Crippen LogP contribution >= 0.6 is 0 Å². The number of rotatable bonds is 7. The molecule has 0 unspecified atom stereocenters. The van der Waals surface area contributed by atoms with Crippen LogP contribution in [0.5, 0.6) is 5.75 Å². The third-order valence-corrected chi connectivity index (χ3v) is 5.99. The van der Waals surface area contributed by atoms with Gasteiger partial charge in [-0.15, -0.1) is 0 Å². The summed E-state index contributed by atoms with van der Waals surface area (Å²) in [5.74, 6) is 0.762. The molecule has 0 bridgehead atoms. The molecule has 3 heterocycles. The van der Waals surface area contributed by atoms with Gasteiger partial charge in [0.25, 0.3) is 0 Å². The monoisotopic (exact) mass is 476 g/mol. The minimum Gasteiger partial charge on any atom is -0.488 e. The number of hydrogen-bond donors (Lipinski definition) is 1. The Balaban J connectivity index is 1.59. The predicted octanol–water partition coefficient (Wildman–Crippen LogP) is 4.23. The number of halogens is 1. The van der Waals surface area contributed by atoms with Gasteiger partial charge in [0.15, 0.2) is 5.82 Å². The first-order valence-electron chi connectivity index (χ1n) is 11.7. The maximum Gasteiger partial charge on any atom is 0.156 e. The number of nitrogens with one attached hydrogen (secondary N) is 1. The molecule has 9 heteroatoms. The van der Waals surface area contributed by atoms with E-state index < -0.39 is 0 Å². The SMILES string of the molecule is C[C@H](CN(C)C)Oc1cc(N2CCOCC2)cc2ncnc(Nc3ccc4ncccc4c3F)c12. The first kappa shape index (κ1) is 23.2. The molecule has 0 radical (unpaired) electrons. The molecule has 1 N–H and O–H groups in total. The van der Waals surface area contributed by atoms with Crippen molar-refractivity contribution in [3.8, 4) is 5.75 Å². The van der Waals surface area contributed by atoms with Crippen LogP contribution in [0.15, 0.2) is 48.9 Å². The summed E-state index contributed by atoms with van der Waals surface area (Å²) in [6, 6.07) is 11.0. The lowest BCUT2D eigenvalue weighted by Crippen LogP contribution is -2.36. The summed E-state index contributed by atoms with van der Waals surface area (Å²) in [6.45, 7) is 5.72. The summed E-state index contributed by atoms with van der Waals surface area (Å²) in [5, 5.41) is 4.34. The van der Waals surface area contributed by atoms with Gasteiger partial charge >= 0.3 is 0 Å². The fourth-order valence-corrected chi connectivity index (χ4v) is 4.44. The van der Waals surface area contributed by atoms with E-state index in [9.17, 15) is 0 Å². The Morgan fingerprint density at radius 3 is 2.74 bits per heavy atom. The number of morpholine rings is 1. The van der Waals surface area contributed by atoms with Crippen LogP contribution in [0.1, 0.15) is 6.92 Å². The zero-order valence-corrected chi connectivity index (χ0v) is 20.2. The highest BCUT2D eigenvalue weighted by Crippen LogP contribution is 2.37. The van der Waals surface area contributed by atoms with E-state index in [1.165, 1.54) is 6.33 Å². The number of aromatic nitrogens is 3. The first-order chi connectivity index (χ1) is 17.0. The summed E-state index contributed by atoms with van der Waals surface area (Å²) in [4.78, 5) is 17.6. The smallest absolute Gasteiger partial charge is 0.156 e. The quantitative estimate of drug-likeness (QED) is 0.425. The molecular weight excluding hydrogens is 447 g/mol. The second-order valence-electron chi connectivity index (χ2n) is 8.97. The Morgan fingerprint density at radius 2 is 1.94 bits per heavy atom. The molecule has 2 aromatic heterocycles. The van der Waals surface area contributed by atoms with Crippen molar-refractivity contribution < 1.29 is 13.9 Å². The molecule has 1 fully saturated rings. The standard InChI is InChI=1S/C26H29FN6O2/c1-17(15-32(2)3)35-23-14-18(33-9-11-34-12-10-33)13-22-24(23)26(30-16-29-22)31-21-7-6-20-19(25(21)27)5-4-8-28-20/h4-8,13-14,16-17H,9-12,15H2,1-3H3,(H,29,30,31)/t17-/m1/s1. The molecule has 0 spiro atoms. The molecule has 0 amide bonds. The molecule has 2 aromatic carbocycles. The number of fused-ring (bicyclic) bond motifs is 2. The van der Waals surface area contributed by atoms with Gasteiger partial charge in [-0.2, -0.15) is 0 Å². The van der Waals surface area contributed by atoms with E-state index in [4.69, 9.17) is 9.47 Å². The van der Waals surface area contributed by atoms with Crippen molar-refractivity contribution in [2.75, 3.05) is 57.2 Å². The number of likely N-dealkylation sites (N-methyl/N-ethyl adjacent to an activating group) is 1. The predicted molar refractivity (Wildman–Crippen MR) is 136 cm³/mol. The lowest BCUT2D eigenvalue weighted by molar-refractivity contribution is 0.122. The molecule has 0 aliphatic carbocycles. The average Bonchev–Trinajstić information content (AvgIpc) is 2.86. The molecule has 1 aliphatic rings. The van der Waals surface area contributed by atoms with Gasteiger partial charge in [0.05, 0.1) is 35.3 Å². The highest BCUT2D eigenvalue weighted by atomic mass is 19.1. The molecule has 1 saturated heterocycles. The van der Waals surface area contributed by atoms with Crippen LogP contribution in [0, 0.1) is 5.82 Å². The van der Waals surface area contributed by atoms with Crippen molar-refractivity contribution in [1.82, 2.24) is 19.9 Å². The molecule has 0 saturated carbocycles. The number of pyridine rings is 1. The Labute approximate surface area is 203 Å². The fourth-order valence-electron chi connectivity index (χ4n) is 4.44. The minimum absolute atomic E-state index is 0.0790. The molecule has 1 aliphatic heterocycles. The zero-order chi connectivity index (χ0) is 24.4. The molecule has 35 heavy (non-hydrogen) atoms. The van der Waals surface area contributed by atoms with Crippen LogP contribution in [0.3, 0.4) is 0 Å². The summed E-state index contributed by atoms with van der Waals surface area (Å²) in [6.07, 6.45) is 3.06. The lowest BCUT2D eigenvalue weighted by Gasteiger charge is -2.30. The highest BCUT2D eigenvalue weighted by molar-refractivity contribution is 5.98. The largest absolute Gasteiger partial charge is 0.488 e. The van der Waals surface area contributed by atoms with Crippen molar-refractivity contribution in [3.05, 3.63) is 54.7 Å². The lowest BCUT2D eigenvalue weighted by atomic mass is 10.1. The van der Waals surface area contributed by atoms with Crippen molar-refractivity contribution in [3.63, 3.8) is 0 Å². The van der Waals surface area contributed by atoms with Gasteiger partial charge in [0.1, 0.15) is 24.0 Å². The fraction of sp³-hybridized carbons (Fsp3) is 0.346. The Kier molecular flexibility index (Phi) is 6.61. The number of ether oxygens (including phenoxy) is 2. The van der Waals surface area contributed by atoms with Gasteiger partial charge in [0, 0.05) is 43.0 Å². The average molecular weight is 477 g/mol. The summed E-state index contributed by atoms with van der Waals surface area (Å²) in [5.41, 5.74) is 2.65. The molecule has 4 aromatic rings.